The van der Waals surface area contributed by atoms with Crippen molar-refractivity contribution in [1.29, 1.82) is 0 Å². The number of nitrogens with one attached hydrogen (secondary N) is 1. The molecule has 0 aliphatic rings. The van der Waals surface area contributed by atoms with Crippen LogP contribution in [0.4, 0.5) is 9.18 Å². The number of hydrogen-bond donors (Lipinski definition) is 2. The molecule has 0 unspecified atom stereocenters. The number of amides is 1. The zero-order valence-electron chi connectivity index (χ0n) is 7.96. The van der Waals surface area contributed by atoms with Crippen molar-refractivity contribution in [3.63, 3.8) is 0 Å². The third-order valence-corrected chi connectivity index (χ3v) is 1.49. The number of hydrogen-bond acceptors (Lipinski definition) is 3. The van der Waals surface area contributed by atoms with Crippen LogP contribution in [0.3, 0.4) is 0 Å². The molecule has 0 saturated carbocycles. The van der Waals surface area contributed by atoms with E-state index in [0.717, 1.165) is 0 Å². The Bertz CT molecular complexity index is 198. The van der Waals surface area contributed by atoms with E-state index in [1.807, 2.05) is 0 Å². The SMILES string of the molecule is CCOC(=O)N[C@H](CF)CCC(=O)O. The number of alkyl halides is 1. The van der Waals surface area contributed by atoms with E-state index in [1.54, 1.807) is 6.92 Å². The van der Waals surface area contributed by atoms with E-state index >= 15 is 0 Å². The smallest absolute Gasteiger partial charge is 0.407 e. The molecule has 0 bridgehead atoms. The Morgan fingerprint density at radius 3 is 2.64 bits per heavy atom. The molecule has 5 nitrogen and oxygen atoms in total. The van der Waals surface area contributed by atoms with Crippen LogP contribution in [0.15, 0.2) is 0 Å². The van der Waals surface area contributed by atoms with Crippen LogP contribution in [-0.4, -0.2) is 36.5 Å². The molecular weight excluding hydrogens is 193 g/mol. The van der Waals surface area contributed by atoms with Crippen molar-refractivity contribution >= 4 is 12.1 Å². The van der Waals surface area contributed by atoms with Gasteiger partial charge in [0.25, 0.3) is 0 Å². The minimum Gasteiger partial charge on any atom is -0.481 e. The second-order valence-corrected chi connectivity index (χ2v) is 2.65. The first-order valence-corrected chi connectivity index (χ1v) is 4.31. The van der Waals surface area contributed by atoms with Crippen LogP contribution in [0, 0.1) is 0 Å². The second kappa shape index (κ2) is 7.11. The Kier molecular flexibility index (Phi) is 6.43. The van der Waals surface area contributed by atoms with Crippen molar-refractivity contribution in [2.24, 2.45) is 0 Å². The molecule has 0 aromatic rings. The van der Waals surface area contributed by atoms with Crippen molar-refractivity contribution in [2.45, 2.75) is 25.8 Å². The number of halogens is 1. The maximum atomic E-state index is 12.2. The maximum Gasteiger partial charge on any atom is 0.407 e. The summed E-state index contributed by atoms with van der Waals surface area (Å²) >= 11 is 0. The van der Waals surface area contributed by atoms with Gasteiger partial charge in [0, 0.05) is 6.42 Å². The number of ether oxygens (including phenoxy) is 1. The Hall–Kier alpha value is -1.33. The first-order chi connectivity index (χ1) is 6.60. The lowest BCUT2D eigenvalue weighted by Gasteiger charge is -2.13. The largest absolute Gasteiger partial charge is 0.481 e. The molecule has 0 rings (SSSR count). The fraction of sp³-hybridized carbons (Fsp3) is 0.750. The molecule has 0 aliphatic heterocycles. The highest BCUT2D eigenvalue weighted by molar-refractivity contribution is 5.68. The molecule has 14 heavy (non-hydrogen) atoms. The summed E-state index contributed by atoms with van der Waals surface area (Å²) in [5.74, 6) is -1.02. The van der Waals surface area contributed by atoms with Crippen molar-refractivity contribution in [2.75, 3.05) is 13.3 Å². The molecule has 0 aromatic heterocycles. The van der Waals surface area contributed by atoms with Gasteiger partial charge in [-0.2, -0.15) is 0 Å². The number of carbonyl (C=O) groups is 2. The summed E-state index contributed by atoms with van der Waals surface area (Å²) in [7, 11) is 0. The standard InChI is InChI=1S/C8H14FNO4/c1-2-14-8(13)10-6(5-9)3-4-7(11)12/h6H,2-5H2,1H3,(H,10,13)(H,11,12)/t6-/m0/s1. The van der Waals surface area contributed by atoms with Crippen LogP contribution in [0.2, 0.25) is 0 Å². The summed E-state index contributed by atoms with van der Waals surface area (Å²) in [6.45, 7) is 1.02. The third-order valence-electron chi connectivity index (χ3n) is 1.49. The monoisotopic (exact) mass is 207 g/mol. The summed E-state index contributed by atoms with van der Waals surface area (Å²) < 4.78 is 16.8. The number of aliphatic carboxylic acids is 1. The lowest BCUT2D eigenvalue weighted by atomic mass is 10.2. The molecular formula is C8H14FNO4. The molecule has 0 aliphatic carbocycles. The Labute approximate surface area is 81.2 Å². The highest BCUT2D eigenvalue weighted by Gasteiger charge is 2.13. The summed E-state index contributed by atoms with van der Waals surface area (Å²) in [5, 5.41) is 10.6. The van der Waals surface area contributed by atoms with Crippen LogP contribution in [0.25, 0.3) is 0 Å². The first kappa shape index (κ1) is 12.7. The minimum absolute atomic E-state index is 0.0602. The number of carboxylic acids is 1. The fourth-order valence-electron chi connectivity index (χ4n) is 0.825. The van der Waals surface area contributed by atoms with Gasteiger partial charge in [-0.3, -0.25) is 4.79 Å². The topological polar surface area (TPSA) is 75.6 Å². The van der Waals surface area contributed by atoms with Crippen LogP contribution < -0.4 is 5.32 Å². The van der Waals surface area contributed by atoms with Gasteiger partial charge in [0.05, 0.1) is 12.6 Å². The molecule has 2 N–H and O–H groups in total. The van der Waals surface area contributed by atoms with Crippen molar-refractivity contribution in [1.82, 2.24) is 5.32 Å². The average Bonchev–Trinajstić information content (AvgIpc) is 2.12. The van der Waals surface area contributed by atoms with E-state index in [2.05, 4.69) is 10.1 Å². The quantitative estimate of drug-likeness (QED) is 0.679. The van der Waals surface area contributed by atoms with Gasteiger partial charge in [-0.25, -0.2) is 9.18 Å². The lowest BCUT2D eigenvalue weighted by Crippen LogP contribution is -2.37. The summed E-state index contributed by atoms with van der Waals surface area (Å²) in [6.07, 6.45) is -0.841. The van der Waals surface area contributed by atoms with Gasteiger partial charge in [0.1, 0.15) is 6.67 Å². The molecule has 0 radical (unpaired) electrons. The fourth-order valence-corrected chi connectivity index (χ4v) is 0.825. The Balaban J connectivity index is 3.78. The van der Waals surface area contributed by atoms with Gasteiger partial charge >= 0.3 is 12.1 Å². The van der Waals surface area contributed by atoms with Gasteiger partial charge in [0.2, 0.25) is 0 Å². The number of carbonyl (C=O) groups excluding carboxylic acids is 1. The predicted molar refractivity (Wildman–Crippen MR) is 46.8 cm³/mol. The highest BCUT2D eigenvalue weighted by Crippen LogP contribution is 1.98. The molecule has 1 amide bonds. The average molecular weight is 207 g/mol. The van der Waals surface area contributed by atoms with Crippen LogP contribution in [-0.2, 0) is 9.53 Å². The number of rotatable bonds is 6. The van der Waals surface area contributed by atoms with E-state index in [0.29, 0.717) is 0 Å². The zero-order chi connectivity index (χ0) is 11.0. The summed E-state index contributed by atoms with van der Waals surface area (Å²) in [4.78, 5) is 21.0. The second-order valence-electron chi connectivity index (χ2n) is 2.65. The molecule has 1 atom stereocenters. The van der Waals surface area contributed by atoms with Gasteiger partial charge in [0.15, 0.2) is 0 Å². The van der Waals surface area contributed by atoms with Crippen molar-refractivity contribution in [3.8, 4) is 0 Å². The molecule has 0 saturated heterocycles. The molecule has 0 fully saturated rings. The van der Waals surface area contributed by atoms with Crippen molar-refractivity contribution in [3.05, 3.63) is 0 Å². The number of carboxylic acid groups (broad SMARTS) is 1. The van der Waals surface area contributed by atoms with Crippen molar-refractivity contribution < 1.29 is 23.8 Å². The van der Waals surface area contributed by atoms with Crippen LogP contribution in [0.1, 0.15) is 19.8 Å². The first-order valence-electron chi connectivity index (χ1n) is 4.31. The van der Waals surface area contributed by atoms with E-state index in [1.165, 1.54) is 0 Å². The summed E-state index contributed by atoms with van der Waals surface area (Å²) in [5.41, 5.74) is 0. The van der Waals surface area contributed by atoms with Gasteiger partial charge < -0.3 is 15.2 Å². The van der Waals surface area contributed by atoms with Crippen LogP contribution in [0.5, 0.6) is 0 Å². The zero-order valence-corrected chi connectivity index (χ0v) is 7.96. The van der Waals surface area contributed by atoms with Gasteiger partial charge in [-0.1, -0.05) is 0 Å². The molecule has 6 heteroatoms. The highest BCUT2D eigenvalue weighted by atomic mass is 19.1. The van der Waals surface area contributed by atoms with Gasteiger partial charge in [-0.05, 0) is 13.3 Å². The van der Waals surface area contributed by atoms with Gasteiger partial charge in [-0.15, -0.1) is 0 Å². The third kappa shape index (κ3) is 6.22. The minimum atomic E-state index is -1.02. The van der Waals surface area contributed by atoms with E-state index < -0.39 is 24.8 Å². The van der Waals surface area contributed by atoms with E-state index in [-0.39, 0.29) is 19.4 Å². The molecule has 0 spiro atoms. The maximum absolute atomic E-state index is 12.2. The van der Waals surface area contributed by atoms with Crippen LogP contribution >= 0.6 is 0 Å². The Morgan fingerprint density at radius 1 is 1.57 bits per heavy atom. The molecule has 0 aromatic carbocycles. The summed E-state index contributed by atoms with van der Waals surface area (Å²) in [6, 6.07) is -0.787. The molecule has 82 valence electrons. The lowest BCUT2D eigenvalue weighted by molar-refractivity contribution is -0.137. The number of alkyl carbamates (subject to hydrolysis) is 1. The Morgan fingerprint density at radius 2 is 2.21 bits per heavy atom. The molecule has 0 heterocycles. The van der Waals surface area contributed by atoms with E-state index in [9.17, 15) is 14.0 Å². The normalized spacial score (nSPS) is 11.9. The van der Waals surface area contributed by atoms with E-state index in [4.69, 9.17) is 5.11 Å². The predicted octanol–water partition coefficient (Wildman–Crippen LogP) is 0.935.